The third-order valence-corrected chi connectivity index (χ3v) is 6.34. The van der Waals surface area contributed by atoms with Crippen molar-refractivity contribution in [2.45, 2.75) is 13.0 Å². The van der Waals surface area contributed by atoms with Crippen molar-refractivity contribution in [3.05, 3.63) is 76.0 Å². The van der Waals surface area contributed by atoms with Crippen LogP contribution in [0, 0.1) is 5.82 Å². The molecule has 1 amide bonds. The molecule has 0 saturated carbocycles. The Hall–Kier alpha value is -2.64. The summed E-state index contributed by atoms with van der Waals surface area (Å²) in [5, 5.41) is 6.30. The van der Waals surface area contributed by atoms with E-state index in [1.54, 1.807) is 17.5 Å². The number of rotatable bonds is 5. The largest absolute Gasteiger partial charge is 0.368 e. The van der Waals surface area contributed by atoms with Gasteiger partial charge in [0.05, 0.1) is 6.04 Å². The van der Waals surface area contributed by atoms with Crippen molar-refractivity contribution in [3.63, 3.8) is 0 Å². The van der Waals surface area contributed by atoms with Crippen molar-refractivity contribution in [1.82, 2.24) is 10.3 Å². The SMILES string of the molecule is CC(NC(=O)c1csc(N2CCN(c3ccc(Cl)cc3)CC2)n1)c1ccc(F)cc1. The van der Waals surface area contributed by atoms with Crippen molar-refractivity contribution < 1.29 is 9.18 Å². The summed E-state index contributed by atoms with van der Waals surface area (Å²) in [6, 6.07) is 13.8. The van der Waals surface area contributed by atoms with Crippen LogP contribution in [0.3, 0.4) is 0 Å². The number of nitrogens with one attached hydrogen (secondary N) is 1. The molecule has 0 bridgehead atoms. The summed E-state index contributed by atoms with van der Waals surface area (Å²) in [6.45, 7) is 5.30. The summed E-state index contributed by atoms with van der Waals surface area (Å²) in [4.78, 5) is 21.6. The minimum atomic E-state index is -0.294. The minimum Gasteiger partial charge on any atom is -0.368 e. The van der Waals surface area contributed by atoms with Crippen LogP contribution < -0.4 is 15.1 Å². The minimum absolute atomic E-state index is 0.228. The monoisotopic (exact) mass is 444 g/mol. The number of hydrogen-bond acceptors (Lipinski definition) is 5. The summed E-state index contributed by atoms with van der Waals surface area (Å²) in [7, 11) is 0. The molecule has 0 aliphatic carbocycles. The third kappa shape index (κ3) is 4.74. The van der Waals surface area contributed by atoms with Gasteiger partial charge in [-0.3, -0.25) is 4.79 Å². The van der Waals surface area contributed by atoms with E-state index in [9.17, 15) is 9.18 Å². The molecule has 0 radical (unpaired) electrons. The van der Waals surface area contributed by atoms with Crippen LogP contribution in [0.5, 0.6) is 0 Å². The van der Waals surface area contributed by atoms with E-state index in [1.165, 1.54) is 23.5 Å². The van der Waals surface area contributed by atoms with Gasteiger partial charge in [0, 0.05) is 42.3 Å². The molecule has 8 heteroatoms. The first-order chi connectivity index (χ1) is 14.5. The highest BCUT2D eigenvalue weighted by molar-refractivity contribution is 7.13. The Labute approximate surface area is 184 Å². The molecule has 3 aromatic rings. The number of nitrogens with zero attached hydrogens (tertiary/aromatic N) is 3. The van der Waals surface area contributed by atoms with Crippen molar-refractivity contribution in [3.8, 4) is 0 Å². The lowest BCUT2D eigenvalue weighted by Gasteiger charge is -2.36. The van der Waals surface area contributed by atoms with Crippen LogP contribution in [0.15, 0.2) is 53.9 Å². The quantitative estimate of drug-likeness (QED) is 0.616. The number of hydrogen-bond donors (Lipinski definition) is 1. The maximum Gasteiger partial charge on any atom is 0.271 e. The molecule has 1 fully saturated rings. The van der Waals surface area contributed by atoms with Gasteiger partial charge in [0.15, 0.2) is 5.13 Å². The Morgan fingerprint density at radius 2 is 1.70 bits per heavy atom. The number of anilines is 2. The first kappa shape index (κ1) is 20.6. The van der Waals surface area contributed by atoms with Gasteiger partial charge < -0.3 is 15.1 Å². The van der Waals surface area contributed by atoms with Crippen molar-refractivity contribution in [2.24, 2.45) is 0 Å². The average molecular weight is 445 g/mol. The highest BCUT2D eigenvalue weighted by Gasteiger charge is 2.21. The Bertz CT molecular complexity index is 1000. The number of amides is 1. The van der Waals surface area contributed by atoms with Gasteiger partial charge >= 0.3 is 0 Å². The fraction of sp³-hybridized carbons (Fsp3) is 0.273. The normalized spacial score (nSPS) is 15.2. The number of carbonyl (C=O) groups is 1. The van der Waals surface area contributed by atoms with E-state index in [4.69, 9.17) is 11.6 Å². The molecule has 4 rings (SSSR count). The van der Waals surface area contributed by atoms with E-state index in [-0.39, 0.29) is 17.8 Å². The fourth-order valence-corrected chi connectivity index (χ4v) is 4.41. The predicted octanol–water partition coefficient (Wildman–Crippen LogP) is 4.75. The molecule has 1 atom stereocenters. The molecule has 2 heterocycles. The Balaban J connectivity index is 1.34. The van der Waals surface area contributed by atoms with Gasteiger partial charge in [-0.25, -0.2) is 9.37 Å². The standard InChI is InChI=1S/C22H22ClFN4OS/c1-15(16-2-6-18(24)7-3-16)25-21(29)20-14-30-22(26-20)28-12-10-27(11-13-28)19-8-4-17(23)5-9-19/h2-9,14-15H,10-13H2,1H3,(H,25,29). The molecule has 156 valence electrons. The smallest absolute Gasteiger partial charge is 0.271 e. The van der Waals surface area contributed by atoms with Crippen LogP contribution in [0.25, 0.3) is 0 Å². The Morgan fingerprint density at radius 1 is 1.07 bits per heavy atom. The summed E-state index contributed by atoms with van der Waals surface area (Å²) < 4.78 is 13.1. The second-order valence-corrected chi connectivity index (χ2v) is 8.49. The van der Waals surface area contributed by atoms with E-state index in [1.807, 2.05) is 31.2 Å². The lowest BCUT2D eigenvalue weighted by Crippen LogP contribution is -2.46. The third-order valence-electron chi connectivity index (χ3n) is 5.18. The van der Waals surface area contributed by atoms with Gasteiger partial charge in [-0.1, -0.05) is 23.7 Å². The van der Waals surface area contributed by atoms with Crippen LogP contribution in [0.2, 0.25) is 5.02 Å². The van der Waals surface area contributed by atoms with Gasteiger partial charge in [0.2, 0.25) is 0 Å². The van der Waals surface area contributed by atoms with Crippen LogP contribution in [0.1, 0.15) is 29.0 Å². The highest BCUT2D eigenvalue weighted by Crippen LogP contribution is 2.25. The van der Waals surface area contributed by atoms with Gasteiger partial charge in [0.25, 0.3) is 5.91 Å². The molecule has 1 aliphatic rings. The number of halogens is 2. The summed E-state index contributed by atoms with van der Waals surface area (Å²) in [6.07, 6.45) is 0. The van der Waals surface area contributed by atoms with Crippen LogP contribution in [-0.2, 0) is 0 Å². The summed E-state index contributed by atoms with van der Waals surface area (Å²) in [5.41, 5.74) is 2.41. The molecular formula is C22H22ClFN4OS. The topological polar surface area (TPSA) is 48.5 Å². The predicted molar refractivity (Wildman–Crippen MR) is 120 cm³/mol. The molecule has 1 aromatic heterocycles. The van der Waals surface area contributed by atoms with Gasteiger partial charge in [0.1, 0.15) is 11.5 Å². The number of aromatic nitrogens is 1. The molecule has 2 aromatic carbocycles. The van der Waals surface area contributed by atoms with E-state index >= 15 is 0 Å². The zero-order chi connectivity index (χ0) is 21.1. The van der Waals surface area contributed by atoms with E-state index < -0.39 is 0 Å². The van der Waals surface area contributed by atoms with Gasteiger partial charge in [-0.05, 0) is 48.9 Å². The molecule has 5 nitrogen and oxygen atoms in total. The molecule has 1 aliphatic heterocycles. The molecular weight excluding hydrogens is 423 g/mol. The Morgan fingerprint density at radius 3 is 2.37 bits per heavy atom. The second kappa shape index (κ2) is 9.02. The molecule has 1 N–H and O–H groups in total. The average Bonchev–Trinajstić information content (AvgIpc) is 3.25. The maximum atomic E-state index is 13.1. The van der Waals surface area contributed by atoms with Gasteiger partial charge in [-0.15, -0.1) is 11.3 Å². The maximum absolute atomic E-state index is 13.1. The number of piperazine rings is 1. The fourth-order valence-electron chi connectivity index (χ4n) is 3.43. The van der Waals surface area contributed by atoms with Crippen molar-refractivity contribution in [2.75, 3.05) is 36.0 Å². The lowest BCUT2D eigenvalue weighted by atomic mass is 10.1. The van der Waals surface area contributed by atoms with Gasteiger partial charge in [-0.2, -0.15) is 0 Å². The molecule has 1 saturated heterocycles. The number of carbonyl (C=O) groups excluding carboxylic acids is 1. The zero-order valence-corrected chi connectivity index (χ0v) is 18.1. The number of benzene rings is 2. The Kier molecular flexibility index (Phi) is 6.20. The van der Waals surface area contributed by atoms with Crippen LogP contribution >= 0.6 is 22.9 Å². The molecule has 1 unspecified atom stereocenters. The van der Waals surface area contributed by atoms with E-state index in [2.05, 4.69) is 20.1 Å². The first-order valence-electron chi connectivity index (χ1n) is 9.77. The second-order valence-electron chi connectivity index (χ2n) is 7.21. The van der Waals surface area contributed by atoms with Crippen LogP contribution in [-0.4, -0.2) is 37.1 Å². The summed E-state index contributed by atoms with van der Waals surface area (Å²) >= 11 is 7.45. The molecule has 0 spiro atoms. The summed E-state index contributed by atoms with van der Waals surface area (Å²) in [5.74, 6) is -0.522. The lowest BCUT2D eigenvalue weighted by molar-refractivity contribution is 0.0935. The molecule has 30 heavy (non-hydrogen) atoms. The first-order valence-corrected chi connectivity index (χ1v) is 11.0. The number of thiazole rings is 1. The zero-order valence-electron chi connectivity index (χ0n) is 16.5. The van der Waals surface area contributed by atoms with E-state index in [0.717, 1.165) is 47.6 Å². The highest BCUT2D eigenvalue weighted by atomic mass is 35.5. The van der Waals surface area contributed by atoms with Crippen molar-refractivity contribution >= 4 is 39.7 Å². The van der Waals surface area contributed by atoms with Crippen molar-refractivity contribution in [1.29, 1.82) is 0 Å². The van der Waals surface area contributed by atoms with Crippen LogP contribution in [0.4, 0.5) is 15.2 Å². The van der Waals surface area contributed by atoms with E-state index in [0.29, 0.717) is 5.69 Å².